The molecule has 2 aliphatic rings. The molecule has 3 rings (SSSR count). The number of benzene rings is 1. The van der Waals surface area contributed by atoms with Crippen LogP contribution in [0.5, 0.6) is 0 Å². The summed E-state index contributed by atoms with van der Waals surface area (Å²) in [6.07, 6.45) is 1.39. The Balaban J connectivity index is 2.32. The molecule has 0 aromatic heterocycles. The zero-order valence-electron chi connectivity index (χ0n) is 17.3. The molecule has 1 spiro atoms. The lowest BCUT2D eigenvalue weighted by molar-refractivity contribution is -0.152. The molecule has 2 heterocycles. The quantitative estimate of drug-likeness (QED) is 0.576. The predicted molar refractivity (Wildman–Crippen MR) is 109 cm³/mol. The van der Waals surface area contributed by atoms with Crippen LogP contribution in [0.4, 0.5) is 5.69 Å². The van der Waals surface area contributed by atoms with Crippen molar-refractivity contribution >= 4 is 23.5 Å². The van der Waals surface area contributed by atoms with Crippen LogP contribution in [-0.4, -0.2) is 30.1 Å². The number of fused-ring (bicyclic) bond motifs is 2. The molecule has 1 amide bonds. The summed E-state index contributed by atoms with van der Waals surface area (Å²) in [5.74, 6) is -2.57. The van der Waals surface area contributed by atoms with E-state index in [0.29, 0.717) is 11.3 Å². The van der Waals surface area contributed by atoms with Crippen LogP contribution in [0.15, 0.2) is 59.7 Å². The van der Waals surface area contributed by atoms with E-state index < -0.39 is 28.9 Å². The SMILES string of the molecule is C=CCOC(=O)C1=C(C)OC(N)=C(C(=O)OC(C)(C)C)C12C(=O)Nc1ccccc12. The molecule has 0 saturated heterocycles. The topological polar surface area (TPSA) is 117 Å². The van der Waals surface area contributed by atoms with Gasteiger partial charge < -0.3 is 25.3 Å². The Morgan fingerprint density at radius 1 is 1.23 bits per heavy atom. The number of carbonyl (C=O) groups is 3. The molecule has 0 saturated carbocycles. The van der Waals surface area contributed by atoms with Gasteiger partial charge in [0.15, 0.2) is 0 Å². The summed E-state index contributed by atoms with van der Waals surface area (Å²) >= 11 is 0. The van der Waals surface area contributed by atoms with Gasteiger partial charge in [0.05, 0.1) is 0 Å². The maximum Gasteiger partial charge on any atom is 0.341 e. The fraction of sp³-hybridized carbons (Fsp3) is 0.318. The van der Waals surface area contributed by atoms with Gasteiger partial charge in [0.2, 0.25) is 11.8 Å². The number of nitrogens with two attached hydrogens (primary N) is 1. The fourth-order valence-corrected chi connectivity index (χ4v) is 3.68. The molecule has 8 heteroatoms. The van der Waals surface area contributed by atoms with Crippen LogP contribution in [-0.2, 0) is 34.0 Å². The van der Waals surface area contributed by atoms with Crippen molar-refractivity contribution in [3.63, 3.8) is 0 Å². The second kappa shape index (κ2) is 7.37. The highest BCUT2D eigenvalue weighted by molar-refractivity contribution is 6.21. The van der Waals surface area contributed by atoms with Crippen molar-refractivity contribution in [3.8, 4) is 0 Å². The number of esters is 2. The molecule has 2 aliphatic heterocycles. The van der Waals surface area contributed by atoms with E-state index >= 15 is 0 Å². The number of rotatable bonds is 4. The first-order valence-electron chi connectivity index (χ1n) is 9.35. The third kappa shape index (κ3) is 3.24. The van der Waals surface area contributed by atoms with Crippen molar-refractivity contribution in [2.45, 2.75) is 38.7 Å². The lowest BCUT2D eigenvalue weighted by Gasteiger charge is -2.36. The number of allylic oxidation sites excluding steroid dienone is 1. The van der Waals surface area contributed by atoms with Gasteiger partial charge in [-0.15, -0.1) is 0 Å². The summed E-state index contributed by atoms with van der Waals surface area (Å²) in [7, 11) is 0. The first-order valence-corrected chi connectivity index (χ1v) is 9.35. The van der Waals surface area contributed by atoms with Gasteiger partial charge in [-0.3, -0.25) is 4.79 Å². The van der Waals surface area contributed by atoms with Gasteiger partial charge in [-0.2, -0.15) is 0 Å². The van der Waals surface area contributed by atoms with Crippen molar-refractivity contribution in [2.24, 2.45) is 5.73 Å². The number of amides is 1. The van der Waals surface area contributed by atoms with E-state index in [1.54, 1.807) is 45.0 Å². The third-order valence-electron chi connectivity index (χ3n) is 4.67. The van der Waals surface area contributed by atoms with Crippen molar-refractivity contribution in [2.75, 3.05) is 11.9 Å². The number of hydrogen-bond donors (Lipinski definition) is 2. The molecule has 30 heavy (non-hydrogen) atoms. The summed E-state index contributed by atoms with van der Waals surface area (Å²) < 4.78 is 16.3. The summed E-state index contributed by atoms with van der Waals surface area (Å²) in [6.45, 7) is 9.97. The van der Waals surface area contributed by atoms with E-state index in [0.717, 1.165) is 0 Å². The number of anilines is 1. The number of hydrogen-bond acceptors (Lipinski definition) is 7. The third-order valence-corrected chi connectivity index (χ3v) is 4.67. The fourth-order valence-electron chi connectivity index (χ4n) is 3.68. The number of carbonyl (C=O) groups excluding carboxylic acids is 3. The summed E-state index contributed by atoms with van der Waals surface area (Å²) in [5, 5.41) is 2.73. The van der Waals surface area contributed by atoms with Crippen LogP contribution >= 0.6 is 0 Å². The lowest BCUT2D eigenvalue weighted by atomic mass is 9.67. The zero-order chi connectivity index (χ0) is 22.3. The number of nitrogens with one attached hydrogen (secondary N) is 1. The molecule has 1 unspecified atom stereocenters. The van der Waals surface area contributed by atoms with Crippen LogP contribution in [0.25, 0.3) is 0 Å². The van der Waals surface area contributed by atoms with Gasteiger partial charge in [0.25, 0.3) is 0 Å². The van der Waals surface area contributed by atoms with Gasteiger partial charge in [-0.25, -0.2) is 9.59 Å². The first kappa shape index (κ1) is 21.2. The Labute approximate surface area is 174 Å². The molecule has 1 aromatic rings. The molecule has 0 radical (unpaired) electrons. The maximum absolute atomic E-state index is 13.4. The van der Waals surface area contributed by atoms with Gasteiger partial charge in [-0.1, -0.05) is 30.9 Å². The normalized spacial score (nSPS) is 20.5. The minimum atomic E-state index is -1.87. The second-order valence-electron chi connectivity index (χ2n) is 7.91. The molecule has 8 nitrogen and oxygen atoms in total. The van der Waals surface area contributed by atoms with E-state index in [1.807, 2.05) is 0 Å². The standard InChI is InChI=1S/C22H24N2O6/c1-6-11-28-18(25)15-12(2)29-17(23)16(19(26)30-21(3,4)5)22(15)13-9-7-8-10-14(13)24-20(22)27/h6-10H,1,11,23H2,2-5H3,(H,24,27). The Morgan fingerprint density at radius 3 is 2.53 bits per heavy atom. The van der Waals surface area contributed by atoms with Gasteiger partial charge in [0, 0.05) is 11.3 Å². The second-order valence-corrected chi connectivity index (χ2v) is 7.91. The minimum absolute atomic E-state index is 0.0562. The monoisotopic (exact) mass is 412 g/mol. The van der Waals surface area contributed by atoms with E-state index in [-0.39, 0.29) is 29.4 Å². The number of para-hydroxylation sites is 1. The van der Waals surface area contributed by atoms with Gasteiger partial charge in [-0.05, 0) is 33.8 Å². The van der Waals surface area contributed by atoms with Crippen LogP contribution in [0, 0.1) is 0 Å². The van der Waals surface area contributed by atoms with Crippen LogP contribution in [0.1, 0.15) is 33.3 Å². The van der Waals surface area contributed by atoms with Gasteiger partial charge >= 0.3 is 11.9 Å². The molecule has 0 aliphatic carbocycles. The Kier molecular flexibility index (Phi) is 5.20. The van der Waals surface area contributed by atoms with Crippen molar-refractivity contribution in [1.82, 2.24) is 0 Å². The van der Waals surface area contributed by atoms with Crippen LogP contribution < -0.4 is 11.1 Å². The first-order chi connectivity index (χ1) is 14.0. The highest BCUT2D eigenvalue weighted by Crippen LogP contribution is 2.52. The van der Waals surface area contributed by atoms with E-state index in [9.17, 15) is 14.4 Å². The Morgan fingerprint density at radius 2 is 1.90 bits per heavy atom. The average molecular weight is 412 g/mol. The Hall–Kier alpha value is -3.55. The lowest BCUT2D eigenvalue weighted by Crippen LogP contribution is -2.49. The van der Waals surface area contributed by atoms with Crippen molar-refractivity contribution in [1.29, 1.82) is 0 Å². The number of ether oxygens (including phenoxy) is 3. The summed E-state index contributed by atoms with van der Waals surface area (Å²) in [6, 6.07) is 6.73. The molecule has 0 fully saturated rings. The molecule has 3 N–H and O–H groups in total. The highest BCUT2D eigenvalue weighted by atomic mass is 16.6. The average Bonchev–Trinajstić information content (AvgIpc) is 2.90. The molecule has 0 bridgehead atoms. The minimum Gasteiger partial charge on any atom is -0.458 e. The molecular formula is C22H24N2O6. The highest BCUT2D eigenvalue weighted by Gasteiger charge is 2.62. The molecule has 158 valence electrons. The van der Waals surface area contributed by atoms with Gasteiger partial charge in [0.1, 0.15) is 34.5 Å². The maximum atomic E-state index is 13.4. The Bertz CT molecular complexity index is 1010. The zero-order valence-corrected chi connectivity index (χ0v) is 17.3. The molecular weight excluding hydrogens is 388 g/mol. The summed E-state index contributed by atoms with van der Waals surface area (Å²) in [5.41, 5.74) is 3.77. The van der Waals surface area contributed by atoms with Crippen LogP contribution in [0.2, 0.25) is 0 Å². The van der Waals surface area contributed by atoms with E-state index in [2.05, 4.69) is 11.9 Å². The summed E-state index contributed by atoms with van der Waals surface area (Å²) in [4.78, 5) is 39.7. The van der Waals surface area contributed by atoms with Crippen molar-refractivity contribution in [3.05, 3.63) is 65.3 Å². The molecule has 1 aromatic carbocycles. The largest absolute Gasteiger partial charge is 0.458 e. The van der Waals surface area contributed by atoms with E-state index in [1.165, 1.54) is 13.0 Å². The van der Waals surface area contributed by atoms with Crippen molar-refractivity contribution < 1.29 is 28.6 Å². The van der Waals surface area contributed by atoms with Crippen LogP contribution in [0.3, 0.4) is 0 Å². The smallest absolute Gasteiger partial charge is 0.341 e. The van der Waals surface area contributed by atoms with E-state index in [4.69, 9.17) is 19.9 Å². The predicted octanol–water partition coefficient (Wildman–Crippen LogP) is 2.42. The molecule has 1 atom stereocenters.